The van der Waals surface area contributed by atoms with Gasteiger partial charge in [0.1, 0.15) is 10.2 Å². The van der Waals surface area contributed by atoms with E-state index in [0.717, 1.165) is 17.7 Å². The quantitative estimate of drug-likeness (QED) is 0.601. The smallest absolute Gasteiger partial charge is 0.343 e. The zero-order chi connectivity index (χ0) is 18.0. The molecule has 2 heterocycles. The fourth-order valence-corrected chi connectivity index (χ4v) is 3.33. The summed E-state index contributed by atoms with van der Waals surface area (Å²) in [4.78, 5) is 12.4. The molecule has 1 aliphatic rings. The van der Waals surface area contributed by atoms with E-state index < -0.39 is 5.97 Å². The second-order valence-electron chi connectivity index (χ2n) is 5.61. The van der Waals surface area contributed by atoms with E-state index in [9.17, 15) is 4.79 Å². The summed E-state index contributed by atoms with van der Waals surface area (Å²) in [5.41, 5.74) is 1.97. The van der Waals surface area contributed by atoms with Crippen LogP contribution in [-0.2, 0) is 17.7 Å². The van der Waals surface area contributed by atoms with Gasteiger partial charge in [-0.05, 0) is 25.0 Å². The molecule has 25 heavy (non-hydrogen) atoms. The largest absolute Gasteiger partial charge is 0.462 e. The Morgan fingerprint density at radius 3 is 2.76 bits per heavy atom. The third kappa shape index (κ3) is 3.52. The third-order valence-corrected chi connectivity index (χ3v) is 4.55. The Morgan fingerprint density at radius 1 is 1.36 bits per heavy atom. The van der Waals surface area contributed by atoms with Gasteiger partial charge in [0.25, 0.3) is 0 Å². The highest BCUT2D eigenvalue weighted by molar-refractivity contribution is 7.71. The van der Waals surface area contributed by atoms with E-state index >= 15 is 0 Å². The Hall–Kier alpha value is -1.99. The molecule has 8 heteroatoms. The van der Waals surface area contributed by atoms with E-state index in [4.69, 9.17) is 38.0 Å². The minimum atomic E-state index is -0.425. The molecule has 0 fully saturated rings. The van der Waals surface area contributed by atoms with Crippen molar-refractivity contribution in [2.75, 3.05) is 13.4 Å². The number of hydrogen-bond acceptors (Lipinski definition) is 5. The molecule has 0 bridgehead atoms. The molecule has 0 unspecified atom stereocenters. The van der Waals surface area contributed by atoms with Crippen LogP contribution in [0.4, 0.5) is 0 Å². The maximum Gasteiger partial charge on any atom is 0.343 e. The van der Waals surface area contributed by atoms with Crippen molar-refractivity contribution in [2.24, 2.45) is 0 Å². The van der Waals surface area contributed by atoms with Crippen LogP contribution in [0.2, 0.25) is 5.02 Å². The van der Waals surface area contributed by atoms with Crippen molar-refractivity contribution < 1.29 is 19.0 Å². The number of nitrogens with zero attached hydrogens (tertiary/aromatic N) is 1. The Kier molecular flexibility index (Phi) is 5.34. The SMILES string of the molecule is CCCn1[nH]c(=S)c(C(=O)OCC)c1Cc1cc2c(cc1Cl)OCO2. The number of aromatic amines is 1. The lowest BCUT2D eigenvalue weighted by molar-refractivity contribution is 0.0524. The van der Waals surface area contributed by atoms with Gasteiger partial charge in [-0.15, -0.1) is 0 Å². The van der Waals surface area contributed by atoms with Gasteiger partial charge in [-0.25, -0.2) is 4.79 Å². The summed E-state index contributed by atoms with van der Waals surface area (Å²) in [6.45, 7) is 5.00. The maximum atomic E-state index is 12.4. The van der Waals surface area contributed by atoms with Crippen molar-refractivity contribution in [3.05, 3.63) is 38.6 Å². The predicted octanol–water partition coefficient (Wildman–Crippen LogP) is 4.11. The van der Waals surface area contributed by atoms with Gasteiger partial charge in [0.15, 0.2) is 11.5 Å². The summed E-state index contributed by atoms with van der Waals surface area (Å²) in [5.74, 6) is 0.845. The monoisotopic (exact) mass is 382 g/mol. The van der Waals surface area contributed by atoms with E-state index in [2.05, 4.69) is 12.0 Å². The third-order valence-electron chi connectivity index (χ3n) is 3.90. The fraction of sp³-hybridized carbons (Fsp3) is 0.412. The van der Waals surface area contributed by atoms with Crippen LogP contribution in [0, 0.1) is 4.64 Å². The number of fused-ring (bicyclic) bond motifs is 1. The molecule has 0 atom stereocenters. The first-order valence-electron chi connectivity index (χ1n) is 8.12. The van der Waals surface area contributed by atoms with Crippen molar-refractivity contribution in [1.29, 1.82) is 0 Å². The van der Waals surface area contributed by atoms with Crippen LogP contribution in [-0.4, -0.2) is 29.1 Å². The summed E-state index contributed by atoms with van der Waals surface area (Å²) >= 11 is 11.7. The molecule has 2 aromatic rings. The second-order valence-corrected chi connectivity index (χ2v) is 6.42. The number of nitrogens with one attached hydrogen (secondary N) is 1. The first-order valence-corrected chi connectivity index (χ1v) is 8.90. The lowest BCUT2D eigenvalue weighted by Crippen LogP contribution is -2.11. The highest BCUT2D eigenvalue weighted by atomic mass is 35.5. The van der Waals surface area contributed by atoms with E-state index in [1.54, 1.807) is 13.0 Å². The van der Waals surface area contributed by atoms with Crippen LogP contribution < -0.4 is 9.47 Å². The highest BCUT2D eigenvalue weighted by Gasteiger charge is 2.23. The van der Waals surface area contributed by atoms with Gasteiger partial charge in [0.05, 0.1) is 12.3 Å². The van der Waals surface area contributed by atoms with Gasteiger partial charge in [-0.3, -0.25) is 9.78 Å². The van der Waals surface area contributed by atoms with Crippen LogP contribution in [0.5, 0.6) is 11.5 Å². The molecule has 1 N–H and O–H groups in total. The average Bonchev–Trinajstić information content (AvgIpc) is 3.12. The van der Waals surface area contributed by atoms with Crippen LogP contribution in [0.15, 0.2) is 12.1 Å². The summed E-state index contributed by atoms with van der Waals surface area (Å²) in [6, 6.07) is 3.57. The summed E-state index contributed by atoms with van der Waals surface area (Å²) in [7, 11) is 0. The van der Waals surface area contributed by atoms with Crippen LogP contribution in [0.3, 0.4) is 0 Å². The normalized spacial score (nSPS) is 12.4. The van der Waals surface area contributed by atoms with Gasteiger partial charge >= 0.3 is 5.97 Å². The van der Waals surface area contributed by atoms with Crippen molar-refractivity contribution in [3.63, 3.8) is 0 Å². The van der Waals surface area contributed by atoms with E-state index in [0.29, 0.717) is 39.7 Å². The molecule has 1 aliphatic heterocycles. The van der Waals surface area contributed by atoms with Crippen molar-refractivity contribution in [1.82, 2.24) is 9.78 Å². The molecule has 3 rings (SSSR count). The molecule has 0 saturated heterocycles. The number of ether oxygens (including phenoxy) is 3. The van der Waals surface area contributed by atoms with Gasteiger partial charge in [-0.2, -0.15) is 0 Å². The first kappa shape index (κ1) is 17.8. The standard InChI is InChI=1S/C17H19ClN2O4S/c1-3-5-20-12(15(16(25)19-20)17(21)22-4-2)6-10-7-13-14(8-11(10)18)24-9-23-13/h7-8H,3-6,9H2,1-2H3,(H,19,25). The Morgan fingerprint density at radius 2 is 2.08 bits per heavy atom. The van der Waals surface area contributed by atoms with Gasteiger partial charge in [-0.1, -0.05) is 30.7 Å². The maximum absolute atomic E-state index is 12.4. The number of esters is 1. The fourth-order valence-electron chi connectivity index (χ4n) is 2.80. The summed E-state index contributed by atoms with van der Waals surface area (Å²) in [5, 5.41) is 3.63. The Labute approximate surface area is 155 Å². The van der Waals surface area contributed by atoms with Crippen molar-refractivity contribution in [2.45, 2.75) is 33.2 Å². The number of benzene rings is 1. The molecule has 6 nitrogen and oxygen atoms in total. The Balaban J connectivity index is 2.04. The zero-order valence-electron chi connectivity index (χ0n) is 14.1. The number of aryl methyl sites for hydroxylation is 1. The number of carbonyl (C=O) groups excluding carboxylic acids is 1. The molecule has 1 aromatic carbocycles. The second kappa shape index (κ2) is 7.49. The minimum Gasteiger partial charge on any atom is -0.462 e. The van der Waals surface area contributed by atoms with Crippen LogP contribution in [0.25, 0.3) is 0 Å². The molecule has 0 saturated carbocycles. The topological polar surface area (TPSA) is 65.5 Å². The average molecular weight is 383 g/mol. The summed E-state index contributed by atoms with van der Waals surface area (Å²) < 4.78 is 18.2. The van der Waals surface area contributed by atoms with Crippen molar-refractivity contribution >= 4 is 29.8 Å². The molecule has 134 valence electrons. The van der Waals surface area contributed by atoms with Gasteiger partial charge < -0.3 is 14.2 Å². The molecule has 0 spiro atoms. The minimum absolute atomic E-state index is 0.180. The van der Waals surface area contributed by atoms with Crippen LogP contribution in [0.1, 0.15) is 41.9 Å². The molecule has 0 amide bonds. The molecule has 1 aromatic heterocycles. The number of halogens is 1. The number of rotatable bonds is 6. The lowest BCUT2D eigenvalue weighted by atomic mass is 10.1. The predicted molar refractivity (Wildman–Crippen MR) is 96.2 cm³/mol. The number of H-pyrrole nitrogens is 1. The highest BCUT2D eigenvalue weighted by Crippen LogP contribution is 2.37. The first-order chi connectivity index (χ1) is 12.0. The zero-order valence-corrected chi connectivity index (χ0v) is 15.6. The molecule has 0 aliphatic carbocycles. The number of carbonyl (C=O) groups is 1. The van der Waals surface area contributed by atoms with E-state index in [1.165, 1.54) is 0 Å². The van der Waals surface area contributed by atoms with Crippen molar-refractivity contribution in [3.8, 4) is 11.5 Å². The van der Waals surface area contributed by atoms with Gasteiger partial charge in [0, 0.05) is 24.1 Å². The van der Waals surface area contributed by atoms with E-state index in [-0.39, 0.29) is 13.4 Å². The lowest BCUT2D eigenvalue weighted by Gasteiger charge is -2.11. The summed E-state index contributed by atoms with van der Waals surface area (Å²) in [6.07, 6.45) is 1.32. The number of aromatic nitrogens is 2. The van der Waals surface area contributed by atoms with Gasteiger partial charge in [0.2, 0.25) is 6.79 Å². The molecule has 0 radical (unpaired) electrons. The molecular weight excluding hydrogens is 364 g/mol. The van der Waals surface area contributed by atoms with Crippen LogP contribution >= 0.6 is 23.8 Å². The van der Waals surface area contributed by atoms with E-state index in [1.807, 2.05) is 10.7 Å². The number of hydrogen-bond donors (Lipinski definition) is 1. The molecular formula is C17H19ClN2O4S. The Bertz CT molecular complexity index is 859.